The fourth-order valence-corrected chi connectivity index (χ4v) is 1.20. The maximum atomic E-state index is 4.31. The second-order valence-corrected chi connectivity index (χ2v) is 3.12. The highest BCUT2D eigenvalue weighted by atomic mass is 14.7. The van der Waals surface area contributed by atoms with Gasteiger partial charge in [-0.05, 0) is 17.7 Å². The normalized spacial score (nSPS) is 10.7. The van der Waals surface area contributed by atoms with Crippen LogP contribution in [0.4, 0.5) is 0 Å². The fraction of sp³-hybridized carbons (Fsp3) is 0.0833. The highest BCUT2D eigenvalue weighted by Crippen LogP contribution is 1.98. The van der Waals surface area contributed by atoms with Gasteiger partial charge in [-0.15, -0.1) is 0 Å². The van der Waals surface area contributed by atoms with E-state index in [0.29, 0.717) is 6.54 Å². The third kappa shape index (κ3) is 2.98. The van der Waals surface area contributed by atoms with Gasteiger partial charge in [0.05, 0.1) is 6.54 Å². The van der Waals surface area contributed by atoms with E-state index in [1.54, 1.807) is 18.6 Å². The summed E-state index contributed by atoms with van der Waals surface area (Å²) in [5.41, 5.74) is 2.12. The second kappa shape index (κ2) is 5.00. The monoisotopic (exact) mass is 197 g/mol. The molecule has 0 aliphatic carbocycles. The topological polar surface area (TPSA) is 38.1 Å². The molecule has 0 N–H and O–H groups in total. The van der Waals surface area contributed by atoms with Gasteiger partial charge in [0, 0.05) is 36.6 Å². The molecule has 2 rings (SSSR count). The molecule has 0 saturated carbocycles. The van der Waals surface area contributed by atoms with Crippen LogP contribution in [-0.2, 0) is 6.54 Å². The average molecular weight is 197 g/mol. The molecule has 0 saturated heterocycles. The highest BCUT2D eigenvalue weighted by Gasteiger charge is 1.88. The van der Waals surface area contributed by atoms with Gasteiger partial charge in [-0.25, -0.2) is 0 Å². The summed E-state index contributed by atoms with van der Waals surface area (Å²) in [5, 5.41) is 0. The molecule has 0 aliphatic rings. The Hall–Kier alpha value is -2.03. The smallest absolute Gasteiger partial charge is 0.0655 e. The van der Waals surface area contributed by atoms with Crippen LogP contribution in [0.15, 0.2) is 54.0 Å². The van der Waals surface area contributed by atoms with Gasteiger partial charge in [-0.2, -0.15) is 0 Å². The van der Waals surface area contributed by atoms with E-state index in [1.165, 1.54) is 0 Å². The van der Waals surface area contributed by atoms with Crippen molar-refractivity contribution < 1.29 is 0 Å². The lowest BCUT2D eigenvalue weighted by atomic mass is 10.3. The van der Waals surface area contributed by atoms with Crippen LogP contribution >= 0.6 is 0 Å². The molecule has 0 radical (unpaired) electrons. The summed E-state index contributed by atoms with van der Waals surface area (Å²) in [6.45, 7) is 0.655. The maximum absolute atomic E-state index is 4.31. The number of aromatic nitrogens is 2. The number of hydrogen-bond donors (Lipinski definition) is 0. The summed E-state index contributed by atoms with van der Waals surface area (Å²) in [7, 11) is 0. The van der Waals surface area contributed by atoms with Crippen molar-refractivity contribution >= 4 is 6.21 Å². The summed E-state index contributed by atoms with van der Waals surface area (Å²) in [4.78, 5) is 12.3. The van der Waals surface area contributed by atoms with E-state index >= 15 is 0 Å². The van der Waals surface area contributed by atoms with Crippen LogP contribution in [0.3, 0.4) is 0 Å². The Morgan fingerprint density at radius 2 is 1.87 bits per heavy atom. The van der Waals surface area contributed by atoms with E-state index in [9.17, 15) is 0 Å². The molecule has 2 aromatic heterocycles. The van der Waals surface area contributed by atoms with Gasteiger partial charge in [0.2, 0.25) is 0 Å². The molecule has 0 bridgehead atoms. The summed E-state index contributed by atoms with van der Waals surface area (Å²) in [6, 6.07) is 7.79. The zero-order valence-corrected chi connectivity index (χ0v) is 8.24. The van der Waals surface area contributed by atoms with E-state index in [0.717, 1.165) is 11.1 Å². The number of rotatable bonds is 3. The van der Waals surface area contributed by atoms with E-state index < -0.39 is 0 Å². The zero-order valence-electron chi connectivity index (χ0n) is 8.24. The molecular formula is C12H11N3. The minimum absolute atomic E-state index is 0.655. The lowest BCUT2D eigenvalue weighted by Crippen LogP contribution is -1.85. The molecule has 0 aromatic carbocycles. The van der Waals surface area contributed by atoms with Crippen LogP contribution in [0.1, 0.15) is 11.1 Å². The molecule has 2 aromatic rings. The quantitative estimate of drug-likeness (QED) is 0.707. The molecule has 2 heterocycles. The van der Waals surface area contributed by atoms with Crippen LogP contribution in [0.5, 0.6) is 0 Å². The number of hydrogen-bond acceptors (Lipinski definition) is 3. The van der Waals surface area contributed by atoms with Crippen molar-refractivity contribution in [1.29, 1.82) is 0 Å². The predicted octanol–water partition coefficient (Wildman–Crippen LogP) is 2.10. The fourth-order valence-electron chi connectivity index (χ4n) is 1.20. The SMILES string of the molecule is C(=N\Cc1cccnc1)/c1cccnc1. The minimum Gasteiger partial charge on any atom is -0.288 e. The van der Waals surface area contributed by atoms with Gasteiger partial charge < -0.3 is 0 Å². The Labute approximate surface area is 88.6 Å². The molecule has 15 heavy (non-hydrogen) atoms. The molecule has 0 amide bonds. The summed E-state index contributed by atoms with van der Waals surface area (Å²) in [6.07, 6.45) is 8.93. The summed E-state index contributed by atoms with van der Waals surface area (Å²) in [5.74, 6) is 0. The van der Waals surface area contributed by atoms with Gasteiger partial charge in [0.25, 0.3) is 0 Å². The van der Waals surface area contributed by atoms with Crippen molar-refractivity contribution in [2.24, 2.45) is 4.99 Å². The summed E-state index contributed by atoms with van der Waals surface area (Å²) < 4.78 is 0. The zero-order chi connectivity index (χ0) is 10.3. The van der Waals surface area contributed by atoms with Gasteiger partial charge in [0.15, 0.2) is 0 Å². The van der Waals surface area contributed by atoms with E-state index in [-0.39, 0.29) is 0 Å². The number of aliphatic imine (C=N–C) groups is 1. The number of pyridine rings is 2. The van der Waals surface area contributed by atoms with E-state index in [2.05, 4.69) is 15.0 Å². The van der Waals surface area contributed by atoms with Crippen molar-refractivity contribution in [3.8, 4) is 0 Å². The first kappa shape index (κ1) is 9.52. The third-order valence-electron chi connectivity index (χ3n) is 1.92. The van der Waals surface area contributed by atoms with Gasteiger partial charge >= 0.3 is 0 Å². The molecule has 0 aliphatic heterocycles. The van der Waals surface area contributed by atoms with Crippen LogP contribution in [-0.4, -0.2) is 16.2 Å². The summed E-state index contributed by atoms with van der Waals surface area (Å²) >= 11 is 0. The van der Waals surface area contributed by atoms with Gasteiger partial charge in [-0.1, -0.05) is 12.1 Å². The van der Waals surface area contributed by atoms with Crippen LogP contribution < -0.4 is 0 Å². The first-order valence-corrected chi connectivity index (χ1v) is 4.74. The third-order valence-corrected chi connectivity index (χ3v) is 1.92. The molecule has 3 heteroatoms. The Morgan fingerprint density at radius 1 is 1.07 bits per heavy atom. The van der Waals surface area contributed by atoms with E-state index in [4.69, 9.17) is 0 Å². The van der Waals surface area contributed by atoms with Crippen LogP contribution in [0.25, 0.3) is 0 Å². The van der Waals surface area contributed by atoms with Crippen LogP contribution in [0, 0.1) is 0 Å². The molecule has 0 fully saturated rings. The molecular weight excluding hydrogens is 186 g/mol. The lowest BCUT2D eigenvalue weighted by molar-refractivity contribution is 1.05. The van der Waals surface area contributed by atoms with Crippen molar-refractivity contribution in [1.82, 2.24) is 9.97 Å². The minimum atomic E-state index is 0.655. The lowest BCUT2D eigenvalue weighted by Gasteiger charge is -1.94. The van der Waals surface area contributed by atoms with E-state index in [1.807, 2.05) is 36.7 Å². The highest BCUT2D eigenvalue weighted by molar-refractivity contribution is 5.78. The van der Waals surface area contributed by atoms with Crippen molar-refractivity contribution in [2.75, 3.05) is 0 Å². The van der Waals surface area contributed by atoms with Crippen LogP contribution in [0.2, 0.25) is 0 Å². The first-order valence-electron chi connectivity index (χ1n) is 4.74. The standard InChI is InChI=1S/C12H11N3/c1-3-11(7-13-5-1)9-15-10-12-4-2-6-14-8-12/h1-9H,10H2/b15-9+. The molecule has 74 valence electrons. The largest absolute Gasteiger partial charge is 0.288 e. The molecule has 0 atom stereocenters. The van der Waals surface area contributed by atoms with Crippen molar-refractivity contribution in [3.63, 3.8) is 0 Å². The Kier molecular flexibility index (Phi) is 3.18. The van der Waals surface area contributed by atoms with Crippen molar-refractivity contribution in [2.45, 2.75) is 6.54 Å². The van der Waals surface area contributed by atoms with Gasteiger partial charge in [0.1, 0.15) is 0 Å². The molecule has 0 unspecified atom stereocenters. The Bertz CT molecular complexity index is 423. The Balaban J connectivity index is 1.97. The number of nitrogens with zero attached hydrogens (tertiary/aromatic N) is 3. The average Bonchev–Trinajstić information content (AvgIpc) is 2.32. The maximum Gasteiger partial charge on any atom is 0.0655 e. The van der Waals surface area contributed by atoms with Gasteiger partial charge in [-0.3, -0.25) is 15.0 Å². The molecule has 3 nitrogen and oxygen atoms in total. The van der Waals surface area contributed by atoms with Crippen molar-refractivity contribution in [3.05, 3.63) is 60.2 Å². The molecule has 0 spiro atoms. The predicted molar refractivity (Wildman–Crippen MR) is 59.8 cm³/mol. The second-order valence-electron chi connectivity index (χ2n) is 3.12. The first-order chi connectivity index (χ1) is 7.45. The Morgan fingerprint density at radius 3 is 2.53 bits per heavy atom.